The topological polar surface area (TPSA) is 77.2 Å². The second kappa shape index (κ2) is 9.87. The number of hydrazine groups is 1. The average molecular weight is 571 g/mol. The summed E-state index contributed by atoms with van der Waals surface area (Å²) in [5.41, 5.74) is 9.10. The predicted octanol–water partition coefficient (Wildman–Crippen LogP) is 2.91. The third-order valence-electron chi connectivity index (χ3n) is 5.92. The SMILES string of the molecule is [B]=C1C2=C(CCN(C(=O)c3ccc(N)cc3F)C2)N=C(N[C@@H](C)c2ccc(I)cc2)N1N(C)C. The Labute approximate surface area is 213 Å². The molecular weight excluding hydrogens is 545 g/mol. The van der Waals surface area contributed by atoms with Crippen molar-refractivity contribution in [3.8, 4) is 0 Å². The number of aliphatic imine (C=N–C) groups is 1. The van der Waals surface area contributed by atoms with Crippen LogP contribution in [0.1, 0.15) is 35.3 Å². The van der Waals surface area contributed by atoms with E-state index in [1.165, 1.54) is 15.7 Å². The van der Waals surface area contributed by atoms with Gasteiger partial charge in [-0.25, -0.2) is 0 Å². The summed E-state index contributed by atoms with van der Waals surface area (Å²) in [7, 11) is 10.4. The summed E-state index contributed by atoms with van der Waals surface area (Å²) >= 11 is 2.28. The van der Waals surface area contributed by atoms with Gasteiger partial charge >= 0.3 is 214 Å². The van der Waals surface area contributed by atoms with E-state index < -0.39 is 11.7 Å². The van der Waals surface area contributed by atoms with Crippen LogP contribution < -0.4 is 11.1 Å². The van der Waals surface area contributed by atoms with Crippen LogP contribution in [0.4, 0.5) is 10.1 Å². The van der Waals surface area contributed by atoms with Gasteiger partial charge in [0.2, 0.25) is 0 Å². The number of guanidine groups is 1. The normalized spacial score (nSPS) is 17.0. The Morgan fingerprint density at radius 1 is 1.26 bits per heavy atom. The molecule has 1 radical (unpaired) electrons. The number of carbonyl (C=O) groups excluding carboxylic acids is 1. The molecular formula is C24H26BFIN6O. The zero-order chi connectivity index (χ0) is 24.6. The molecule has 0 saturated carbocycles. The van der Waals surface area contributed by atoms with Crippen molar-refractivity contribution in [1.82, 2.24) is 20.2 Å². The molecule has 2 aliphatic heterocycles. The fourth-order valence-electron chi connectivity index (χ4n) is 4.10. The van der Waals surface area contributed by atoms with Crippen LogP contribution in [0, 0.1) is 9.39 Å². The Kier molecular flexibility index (Phi) is 7.08. The fourth-order valence-corrected chi connectivity index (χ4v) is 4.46. The first kappa shape index (κ1) is 24.4. The van der Waals surface area contributed by atoms with Gasteiger partial charge < -0.3 is 0 Å². The van der Waals surface area contributed by atoms with Crippen molar-refractivity contribution in [2.24, 2.45) is 4.99 Å². The van der Waals surface area contributed by atoms with Gasteiger partial charge in [-0.2, -0.15) is 0 Å². The molecule has 2 aromatic rings. The Bertz CT molecular complexity index is 1200. The number of anilines is 1. The van der Waals surface area contributed by atoms with Crippen molar-refractivity contribution in [1.29, 1.82) is 0 Å². The number of amides is 1. The van der Waals surface area contributed by atoms with Crippen LogP contribution in [-0.2, 0) is 0 Å². The molecule has 0 bridgehead atoms. The maximum atomic E-state index is 14.4. The number of benzene rings is 2. The first-order chi connectivity index (χ1) is 16.2. The van der Waals surface area contributed by atoms with E-state index in [0.717, 1.165) is 22.9 Å². The number of nitrogens with one attached hydrogen (secondary N) is 1. The summed E-state index contributed by atoms with van der Waals surface area (Å²) < 4.78 is 15.5. The van der Waals surface area contributed by atoms with Crippen molar-refractivity contribution >= 4 is 53.2 Å². The van der Waals surface area contributed by atoms with Crippen LogP contribution in [0.5, 0.6) is 0 Å². The van der Waals surface area contributed by atoms with Gasteiger partial charge in [0.25, 0.3) is 0 Å². The van der Waals surface area contributed by atoms with E-state index in [1.807, 2.05) is 19.1 Å². The third-order valence-corrected chi connectivity index (χ3v) is 6.64. The van der Waals surface area contributed by atoms with Gasteiger partial charge in [0.15, 0.2) is 0 Å². The van der Waals surface area contributed by atoms with E-state index >= 15 is 0 Å². The molecule has 0 fully saturated rings. The number of halogens is 2. The van der Waals surface area contributed by atoms with Crippen molar-refractivity contribution in [2.45, 2.75) is 19.4 Å². The van der Waals surface area contributed by atoms with Crippen LogP contribution in [0.25, 0.3) is 0 Å². The molecule has 3 N–H and O–H groups in total. The van der Waals surface area contributed by atoms with E-state index in [4.69, 9.17) is 18.2 Å². The minimum absolute atomic E-state index is 0.00306. The second-order valence-electron chi connectivity index (χ2n) is 8.54. The van der Waals surface area contributed by atoms with Crippen molar-refractivity contribution in [3.05, 3.63) is 74.2 Å². The van der Waals surface area contributed by atoms with Gasteiger partial charge in [-0.05, 0) is 0 Å². The number of carbonyl (C=O) groups is 1. The zero-order valence-corrected chi connectivity index (χ0v) is 21.5. The zero-order valence-electron chi connectivity index (χ0n) is 19.3. The molecule has 0 aliphatic carbocycles. The quantitative estimate of drug-likeness (QED) is 0.336. The van der Waals surface area contributed by atoms with Crippen LogP contribution in [-0.4, -0.2) is 67.0 Å². The molecule has 10 heteroatoms. The standard InChI is InChI=1S/C24H26BFIN6O/c1-14(15-4-6-16(27)7-5-15)29-24-30-21-10-11-32(13-19(21)22(25)33(24)31(2)3)23(34)18-9-8-17(28)12-20(18)26/h4-9,12,14H,10-11,13,28H2,1-3H3,(H,29,30)/t14-/m0/s1. The molecule has 2 aliphatic rings. The molecule has 0 aromatic heterocycles. The van der Waals surface area contributed by atoms with Crippen molar-refractivity contribution < 1.29 is 9.18 Å². The Balaban J connectivity index is 1.59. The Morgan fingerprint density at radius 2 is 1.97 bits per heavy atom. The summed E-state index contributed by atoms with van der Waals surface area (Å²) in [6, 6.07) is 12.4. The molecule has 2 heterocycles. The third kappa shape index (κ3) is 4.88. The summed E-state index contributed by atoms with van der Waals surface area (Å²) in [5.74, 6) is -0.403. The van der Waals surface area contributed by atoms with Gasteiger partial charge in [-0.1, -0.05) is 0 Å². The summed E-state index contributed by atoms with van der Waals surface area (Å²) in [6.07, 6.45) is 0.517. The molecule has 1 amide bonds. The maximum absolute atomic E-state index is 14.4. The first-order valence-electron chi connectivity index (χ1n) is 10.9. The van der Waals surface area contributed by atoms with Crippen LogP contribution in [0.15, 0.2) is 58.7 Å². The van der Waals surface area contributed by atoms with Gasteiger partial charge in [0, 0.05) is 0 Å². The molecule has 2 aromatic carbocycles. The number of nitrogen functional groups attached to an aromatic ring is 1. The number of rotatable bonds is 4. The van der Waals surface area contributed by atoms with Crippen LogP contribution in [0.2, 0.25) is 0 Å². The molecule has 0 saturated heterocycles. The molecule has 7 nitrogen and oxygen atoms in total. The van der Waals surface area contributed by atoms with Crippen molar-refractivity contribution in [2.75, 3.05) is 32.9 Å². The van der Waals surface area contributed by atoms with Gasteiger partial charge in [-0.3, -0.25) is 0 Å². The molecule has 0 unspecified atom stereocenters. The van der Waals surface area contributed by atoms with E-state index in [-0.39, 0.29) is 23.8 Å². The number of nitrogens with two attached hydrogens (primary N) is 1. The minimum atomic E-state index is -0.630. The van der Waals surface area contributed by atoms with E-state index in [1.54, 1.807) is 9.91 Å². The summed E-state index contributed by atoms with van der Waals surface area (Å²) in [6.45, 7) is 2.73. The molecule has 175 valence electrons. The van der Waals surface area contributed by atoms with Gasteiger partial charge in [0.05, 0.1) is 0 Å². The van der Waals surface area contributed by atoms with E-state index in [2.05, 4.69) is 59.1 Å². The first-order valence-corrected chi connectivity index (χ1v) is 12.0. The van der Waals surface area contributed by atoms with Gasteiger partial charge in [0.1, 0.15) is 0 Å². The second-order valence-corrected chi connectivity index (χ2v) is 9.78. The summed E-state index contributed by atoms with van der Waals surface area (Å²) in [4.78, 5) is 19.5. The number of nitrogens with zero attached hydrogens (tertiary/aromatic N) is 4. The molecule has 1 atom stereocenters. The average Bonchev–Trinajstić information content (AvgIpc) is 2.78. The monoisotopic (exact) mass is 571 g/mol. The van der Waals surface area contributed by atoms with Gasteiger partial charge in [-0.15, -0.1) is 0 Å². The number of hydrogen-bond donors (Lipinski definition) is 2. The molecule has 0 spiro atoms. The fraction of sp³-hybridized carbons (Fsp3) is 0.292. The molecule has 34 heavy (non-hydrogen) atoms. The number of hydrogen-bond acceptors (Lipinski definition) is 6. The van der Waals surface area contributed by atoms with E-state index in [9.17, 15) is 9.18 Å². The van der Waals surface area contributed by atoms with Crippen LogP contribution >= 0.6 is 22.6 Å². The predicted molar refractivity (Wildman–Crippen MR) is 143 cm³/mol. The van der Waals surface area contributed by atoms with E-state index in [0.29, 0.717) is 24.5 Å². The summed E-state index contributed by atoms with van der Waals surface area (Å²) in [5, 5.41) is 7.11. The Hall–Kier alpha value is -2.73. The molecule has 4 rings (SSSR count). The van der Waals surface area contributed by atoms with Crippen LogP contribution in [0.3, 0.4) is 0 Å². The van der Waals surface area contributed by atoms with Crippen molar-refractivity contribution in [3.63, 3.8) is 0 Å². The Morgan fingerprint density at radius 3 is 2.62 bits per heavy atom.